The van der Waals surface area contributed by atoms with Crippen LogP contribution in [-0.2, 0) is 9.59 Å². The molecule has 2 N–H and O–H groups in total. The smallest absolute Gasteiger partial charge is 0.550 e. The molecule has 68 valence electrons. The summed E-state index contributed by atoms with van der Waals surface area (Å²) in [6, 6.07) is 0. The first kappa shape index (κ1) is 20.0. The third-order valence-corrected chi connectivity index (χ3v) is 1.17. The molecule has 0 radical (unpaired) electrons. The van der Waals surface area contributed by atoms with Gasteiger partial charge in [0.1, 0.15) is 5.60 Å². The van der Waals surface area contributed by atoms with E-state index in [1.807, 2.05) is 0 Å². The third kappa shape index (κ3) is 9.14. The summed E-state index contributed by atoms with van der Waals surface area (Å²) in [5.41, 5.74) is -2.20. The van der Waals surface area contributed by atoms with Gasteiger partial charge in [-0.3, -0.25) is 0 Å². The summed E-state index contributed by atoms with van der Waals surface area (Å²) < 4.78 is 0. The number of aliphatic hydroxyl groups is 1. The largest absolute Gasteiger partial charge is 1.00 e. The van der Waals surface area contributed by atoms with Crippen LogP contribution in [0.4, 0.5) is 0 Å². The van der Waals surface area contributed by atoms with Crippen molar-refractivity contribution in [3.8, 4) is 0 Å². The van der Waals surface area contributed by atoms with E-state index in [1.165, 1.54) is 0 Å². The van der Waals surface area contributed by atoms with Crippen molar-refractivity contribution in [1.29, 1.82) is 5.41 Å². The van der Waals surface area contributed by atoms with E-state index in [1.54, 1.807) is 0 Å². The van der Waals surface area contributed by atoms with Crippen LogP contribution in [0.1, 0.15) is 12.8 Å². The molecule has 0 aromatic rings. The second-order valence-corrected chi connectivity index (χ2v) is 2.35. The Morgan fingerprint density at radius 3 is 1.64 bits per heavy atom. The maximum absolute atomic E-state index is 9.97. The number of rotatable bonds is 5. The first-order valence-electron chi connectivity index (χ1n) is 3.03. The molecular formula is C6H7NNa2O5. The summed E-state index contributed by atoms with van der Waals surface area (Å²) in [7, 11) is 0. The van der Waals surface area contributed by atoms with Crippen molar-refractivity contribution in [3.05, 3.63) is 0 Å². The van der Waals surface area contributed by atoms with Crippen LogP contribution in [0, 0.1) is 5.41 Å². The fourth-order valence-electron chi connectivity index (χ4n) is 0.664. The van der Waals surface area contributed by atoms with Crippen LogP contribution < -0.4 is 69.3 Å². The van der Waals surface area contributed by atoms with Crippen LogP contribution in [0.5, 0.6) is 0 Å². The predicted octanol–water partition coefficient (Wildman–Crippen LogP) is -9.34. The van der Waals surface area contributed by atoms with Gasteiger partial charge in [0.05, 0.1) is 0 Å². The van der Waals surface area contributed by atoms with Crippen molar-refractivity contribution in [2.45, 2.75) is 18.4 Å². The molecule has 0 aromatic heterocycles. The van der Waals surface area contributed by atoms with E-state index in [0.717, 1.165) is 0 Å². The summed E-state index contributed by atoms with van der Waals surface area (Å²) in [6.45, 7) is 0. The van der Waals surface area contributed by atoms with Crippen molar-refractivity contribution in [2.24, 2.45) is 0 Å². The van der Waals surface area contributed by atoms with Crippen molar-refractivity contribution in [2.75, 3.05) is 0 Å². The molecule has 0 heterocycles. The Bertz CT molecular complexity index is 204. The normalized spacial score (nSPS) is 9.21. The van der Waals surface area contributed by atoms with Crippen LogP contribution in [0.3, 0.4) is 0 Å². The molecule has 0 aromatic carbocycles. The van der Waals surface area contributed by atoms with Gasteiger partial charge >= 0.3 is 59.1 Å². The van der Waals surface area contributed by atoms with Gasteiger partial charge in [-0.15, -0.1) is 0 Å². The van der Waals surface area contributed by atoms with Crippen LogP contribution in [0.15, 0.2) is 0 Å². The maximum atomic E-state index is 9.97. The molecule has 0 aliphatic rings. The predicted molar refractivity (Wildman–Crippen MR) is 33.0 cm³/mol. The second kappa shape index (κ2) is 8.84. The van der Waals surface area contributed by atoms with Gasteiger partial charge in [-0.25, -0.2) is 0 Å². The first-order valence-corrected chi connectivity index (χ1v) is 3.03. The van der Waals surface area contributed by atoms with Gasteiger partial charge in [-0.05, 0) is 0 Å². The molecule has 14 heavy (non-hydrogen) atoms. The molecule has 0 fully saturated rings. The summed E-state index contributed by atoms with van der Waals surface area (Å²) in [5, 5.41) is 35.6. The SMILES string of the molecule is N=CC(O)(CC(=O)[O-])CC(=O)[O-].[Na+].[Na+]. The minimum Gasteiger partial charge on any atom is -0.550 e. The quantitative estimate of drug-likeness (QED) is 0.351. The average Bonchev–Trinajstić information content (AvgIpc) is 1.83. The number of aliphatic carboxylic acids is 2. The van der Waals surface area contributed by atoms with E-state index in [9.17, 15) is 19.8 Å². The Kier molecular flexibility index (Phi) is 12.7. The van der Waals surface area contributed by atoms with Crippen molar-refractivity contribution < 1.29 is 84.0 Å². The van der Waals surface area contributed by atoms with E-state index in [4.69, 9.17) is 10.5 Å². The minimum atomic E-state index is -2.20. The van der Waals surface area contributed by atoms with Crippen LogP contribution in [0.2, 0.25) is 0 Å². The van der Waals surface area contributed by atoms with Crippen LogP contribution in [0.25, 0.3) is 0 Å². The fourth-order valence-corrected chi connectivity index (χ4v) is 0.664. The van der Waals surface area contributed by atoms with E-state index >= 15 is 0 Å². The van der Waals surface area contributed by atoms with Gasteiger partial charge in [0.2, 0.25) is 0 Å². The van der Waals surface area contributed by atoms with Crippen LogP contribution in [-0.4, -0.2) is 28.9 Å². The zero-order chi connectivity index (χ0) is 9.78. The molecule has 0 saturated carbocycles. The van der Waals surface area contributed by atoms with Crippen molar-refractivity contribution in [3.63, 3.8) is 0 Å². The van der Waals surface area contributed by atoms with Crippen molar-refractivity contribution >= 4 is 18.2 Å². The fraction of sp³-hybridized carbons (Fsp3) is 0.500. The number of carbonyl (C=O) groups excluding carboxylic acids is 2. The molecule has 0 unspecified atom stereocenters. The zero-order valence-electron chi connectivity index (χ0n) is 8.07. The topological polar surface area (TPSA) is 124 Å². The third-order valence-electron chi connectivity index (χ3n) is 1.17. The molecule has 0 amide bonds. The Labute approximate surface area is 125 Å². The molecule has 0 atom stereocenters. The van der Waals surface area contributed by atoms with E-state index in [0.29, 0.717) is 6.21 Å². The maximum Gasteiger partial charge on any atom is 1.00 e. The molecule has 8 heteroatoms. The monoisotopic (exact) mass is 219 g/mol. The molecule has 0 spiro atoms. The second-order valence-electron chi connectivity index (χ2n) is 2.35. The van der Waals surface area contributed by atoms with E-state index in [2.05, 4.69) is 0 Å². The first-order chi connectivity index (χ1) is 5.39. The number of carboxylic acids is 2. The van der Waals surface area contributed by atoms with Crippen molar-refractivity contribution in [1.82, 2.24) is 0 Å². The molecule has 0 rings (SSSR count). The number of hydrogen-bond donors (Lipinski definition) is 2. The Morgan fingerprint density at radius 2 is 1.50 bits per heavy atom. The molecular weight excluding hydrogens is 212 g/mol. The minimum absolute atomic E-state index is 0. The van der Waals surface area contributed by atoms with Gasteiger partial charge < -0.3 is 30.3 Å². The number of carboxylic acid groups (broad SMARTS) is 2. The van der Waals surface area contributed by atoms with Crippen LogP contribution >= 0.6 is 0 Å². The molecule has 0 aliphatic carbocycles. The Hall–Kier alpha value is 0.570. The summed E-state index contributed by atoms with van der Waals surface area (Å²) in [5.74, 6) is -3.25. The zero-order valence-corrected chi connectivity index (χ0v) is 12.1. The standard InChI is InChI=1S/C6H9NO5.2Na/c7-3-6(12,1-4(8)9)2-5(10)11;;/h3,7,12H,1-2H2,(H,8,9)(H,10,11);;/q;2*+1/p-2. The Balaban J connectivity index is -0.000000605. The number of carbonyl (C=O) groups is 2. The van der Waals surface area contributed by atoms with E-state index in [-0.39, 0.29) is 59.1 Å². The van der Waals surface area contributed by atoms with Gasteiger partial charge in [-0.1, -0.05) is 0 Å². The average molecular weight is 219 g/mol. The molecule has 0 bridgehead atoms. The molecule has 0 saturated heterocycles. The molecule has 0 aliphatic heterocycles. The van der Waals surface area contributed by atoms with E-state index < -0.39 is 30.4 Å². The molecule has 6 nitrogen and oxygen atoms in total. The Morgan fingerprint density at radius 1 is 1.21 bits per heavy atom. The van der Waals surface area contributed by atoms with Gasteiger partial charge in [-0.2, -0.15) is 0 Å². The summed E-state index contributed by atoms with van der Waals surface area (Å²) in [6.07, 6.45) is -1.51. The number of nitrogens with one attached hydrogen (secondary N) is 1. The van der Waals surface area contributed by atoms with Gasteiger partial charge in [0.25, 0.3) is 0 Å². The number of hydrogen-bond acceptors (Lipinski definition) is 6. The summed E-state index contributed by atoms with van der Waals surface area (Å²) >= 11 is 0. The van der Waals surface area contributed by atoms with Gasteiger partial charge in [0.15, 0.2) is 0 Å². The van der Waals surface area contributed by atoms with Gasteiger partial charge in [0, 0.05) is 31.0 Å². The summed E-state index contributed by atoms with van der Waals surface area (Å²) in [4.78, 5) is 19.9.